The second-order valence-corrected chi connectivity index (χ2v) is 4.90. The number of nitrogens with one attached hydrogen (secondary N) is 1. The van der Waals surface area contributed by atoms with Crippen molar-refractivity contribution in [1.29, 1.82) is 0 Å². The molecule has 0 aliphatic heterocycles. The van der Waals surface area contributed by atoms with E-state index in [1.807, 2.05) is 24.3 Å². The van der Waals surface area contributed by atoms with Gasteiger partial charge in [0.2, 0.25) is 0 Å². The summed E-state index contributed by atoms with van der Waals surface area (Å²) in [5.41, 5.74) is 5.69. The molecule has 0 fully saturated rings. The van der Waals surface area contributed by atoms with Crippen LogP contribution in [0.1, 0.15) is 5.56 Å². The predicted octanol–water partition coefficient (Wildman–Crippen LogP) is 5.74. The zero-order chi connectivity index (χ0) is 14.5. The first-order chi connectivity index (χ1) is 10.3. The first-order valence-corrected chi connectivity index (χ1v) is 7.00. The Morgan fingerprint density at radius 3 is 2.10 bits per heavy atom. The maximum Gasteiger partial charge on any atom is 0.0390 e. The molecule has 1 heteroatoms. The summed E-state index contributed by atoms with van der Waals surface area (Å²) >= 11 is 0. The number of benzene rings is 3. The van der Waals surface area contributed by atoms with E-state index in [4.69, 9.17) is 0 Å². The molecule has 0 aromatic heterocycles. The maximum atomic E-state index is 3.81. The van der Waals surface area contributed by atoms with E-state index in [0.29, 0.717) is 0 Å². The zero-order valence-electron chi connectivity index (χ0n) is 11.8. The standard InChI is InChI=1S/C20H17N/c1-2-16-8-6-12-19(14-16)21-20-13-7-11-18(15-20)17-9-4-3-5-10-17/h2-15,21H,1H2. The minimum atomic E-state index is 1.07. The van der Waals surface area contributed by atoms with Gasteiger partial charge in [0, 0.05) is 11.4 Å². The molecule has 1 nitrogen and oxygen atoms in total. The third-order valence-electron chi connectivity index (χ3n) is 3.38. The fourth-order valence-corrected chi connectivity index (χ4v) is 2.32. The predicted molar refractivity (Wildman–Crippen MR) is 91.7 cm³/mol. The summed E-state index contributed by atoms with van der Waals surface area (Å²) in [5.74, 6) is 0. The molecule has 21 heavy (non-hydrogen) atoms. The molecule has 0 atom stereocenters. The van der Waals surface area contributed by atoms with Gasteiger partial charge >= 0.3 is 0 Å². The molecule has 0 saturated carbocycles. The largest absolute Gasteiger partial charge is 0.355 e. The first kappa shape index (κ1) is 13.2. The van der Waals surface area contributed by atoms with Gasteiger partial charge in [-0.15, -0.1) is 0 Å². The zero-order valence-corrected chi connectivity index (χ0v) is 11.8. The highest BCUT2D eigenvalue weighted by Gasteiger charge is 1.99. The van der Waals surface area contributed by atoms with Gasteiger partial charge in [-0.2, -0.15) is 0 Å². The fourth-order valence-electron chi connectivity index (χ4n) is 2.32. The molecular weight excluding hydrogens is 254 g/mol. The van der Waals surface area contributed by atoms with Crippen LogP contribution in [0.4, 0.5) is 11.4 Å². The Labute approximate surface area is 125 Å². The maximum absolute atomic E-state index is 3.81. The van der Waals surface area contributed by atoms with Crippen LogP contribution >= 0.6 is 0 Å². The van der Waals surface area contributed by atoms with Crippen LogP contribution in [-0.2, 0) is 0 Å². The van der Waals surface area contributed by atoms with Crippen molar-refractivity contribution in [3.63, 3.8) is 0 Å². The third kappa shape index (κ3) is 3.21. The van der Waals surface area contributed by atoms with Crippen molar-refractivity contribution in [3.05, 3.63) is 91.0 Å². The van der Waals surface area contributed by atoms with E-state index in [1.165, 1.54) is 11.1 Å². The van der Waals surface area contributed by atoms with Gasteiger partial charge in [-0.25, -0.2) is 0 Å². The van der Waals surface area contributed by atoms with Gasteiger partial charge in [0.1, 0.15) is 0 Å². The van der Waals surface area contributed by atoms with Crippen LogP contribution in [0.3, 0.4) is 0 Å². The van der Waals surface area contributed by atoms with Crippen LogP contribution in [0.25, 0.3) is 17.2 Å². The van der Waals surface area contributed by atoms with Gasteiger partial charge in [0.15, 0.2) is 0 Å². The molecule has 0 radical (unpaired) electrons. The van der Waals surface area contributed by atoms with E-state index in [9.17, 15) is 0 Å². The lowest BCUT2D eigenvalue weighted by molar-refractivity contribution is 1.53. The lowest BCUT2D eigenvalue weighted by atomic mass is 10.1. The minimum Gasteiger partial charge on any atom is -0.355 e. The number of hydrogen-bond donors (Lipinski definition) is 1. The number of rotatable bonds is 4. The summed E-state index contributed by atoms with van der Waals surface area (Å²) in [6.45, 7) is 3.81. The Hall–Kier alpha value is -2.80. The van der Waals surface area contributed by atoms with Crippen LogP contribution in [0.2, 0.25) is 0 Å². The SMILES string of the molecule is C=Cc1cccc(Nc2cccc(-c3ccccc3)c2)c1. The van der Waals surface area contributed by atoms with Gasteiger partial charge in [-0.3, -0.25) is 0 Å². The Morgan fingerprint density at radius 1 is 0.667 bits per heavy atom. The molecule has 0 saturated heterocycles. The molecule has 0 aliphatic rings. The quantitative estimate of drug-likeness (QED) is 0.638. The normalized spacial score (nSPS) is 10.1. The van der Waals surface area contributed by atoms with Crippen molar-refractivity contribution in [2.45, 2.75) is 0 Å². The molecule has 0 bridgehead atoms. The smallest absolute Gasteiger partial charge is 0.0390 e. The summed E-state index contributed by atoms with van der Waals surface area (Å²) in [6.07, 6.45) is 1.85. The van der Waals surface area contributed by atoms with E-state index in [0.717, 1.165) is 16.9 Å². The van der Waals surface area contributed by atoms with Crippen LogP contribution in [0.15, 0.2) is 85.4 Å². The highest BCUT2D eigenvalue weighted by atomic mass is 14.9. The average Bonchev–Trinajstić information content (AvgIpc) is 2.56. The van der Waals surface area contributed by atoms with Crippen molar-refractivity contribution in [1.82, 2.24) is 0 Å². The Morgan fingerprint density at radius 2 is 1.33 bits per heavy atom. The molecule has 3 rings (SSSR count). The summed E-state index contributed by atoms with van der Waals surface area (Å²) in [4.78, 5) is 0. The van der Waals surface area contributed by atoms with Crippen molar-refractivity contribution in [2.24, 2.45) is 0 Å². The summed E-state index contributed by atoms with van der Waals surface area (Å²) in [7, 11) is 0. The number of hydrogen-bond acceptors (Lipinski definition) is 1. The van der Waals surface area contributed by atoms with E-state index >= 15 is 0 Å². The minimum absolute atomic E-state index is 1.07. The molecule has 0 aliphatic carbocycles. The molecule has 0 spiro atoms. The molecule has 3 aromatic carbocycles. The highest BCUT2D eigenvalue weighted by Crippen LogP contribution is 2.25. The fraction of sp³-hybridized carbons (Fsp3) is 0. The highest BCUT2D eigenvalue weighted by molar-refractivity contribution is 5.71. The lowest BCUT2D eigenvalue weighted by Gasteiger charge is -2.09. The summed E-state index contributed by atoms with van der Waals surface area (Å²) in [5, 5.41) is 3.44. The molecule has 0 amide bonds. The van der Waals surface area contributed by atoms with E-state index in [1.54, 1.807) is 0 Å². The second kappa shape index (κ2) is 6.10. The summed E-state index contributed by atoms with van der Waals surface area (Å²) in [6, 6.07) is 27.0. The molecule has 0 heterocycles. The third-order valence-corrected chi connectivity index (χ3v) is 3.38. The second-order valence-electron chi connectivity index (χ2n) is 4.90. The molecule has 3 aromatic rings. The Kier molecular flexibility index (Phi) is 3.83. The van der Waals surface area contributed by atoms with E-state index < -0.39 is 0 Å². The van der Waals surface area contributed by atoms with Crippen molar-refractivity contribution in [3.8, 4) is 11.1 Å². The van der Waals surface area contributed by atoms with Crippen molar-refractivity contribution in [2.75, 3.05) is 5.32 Å². The Bertz CT molecular complexity index is 745. The van der Waals surface area contributed by atoms with Gasteiger partial charge in [0.25, 0.3) is 0 Å². The molecular formula is C20H17N. The van der Waals surface area contributed by atoms with Crippen molar-refractivity contribution >= 4 is 17.5 Å². The average molecular weight is 271 g/mol. The van der Waals surface area contributed by atoms with Gasteiger partial charge in [-0.05, 0) is 41.0 Å². The van der Waals surface area contributed by atoms with Gasteiger partial charge < -0.3 is 5.32 Å². The van der Waals surface area contributed by atoms with Gasteiger partial charge in [-0.1, -0.05) is 67.3 Å². The molecule has 0 unspecified atom stereocenters. The monoisotopic (exact) mass is 271 g/mol. The molecule has 1 N–H and O–H groups in total. The van der Waals surface area contributed by atoms with Crippen molar-refractivity contribution < 1.29 is 0 Å². The van der Waals surface area contributed by atoms with Crippen LogP contribution in [0, 0.1) is 0 Å². The number of anilines is 2. The summed E-state index contributed by atoms with van der Waals surface area (Å²) < 4.78 is 0. The van der Waals surface area contributed by atoms with E-state index in [-0.39, 0.29) is 0 Å². The Balaban J connectivity index is 1.88. The molecule has 102 valence electrons. The lowest BCUT2D eigenvalue weighted by Crippen LogP contribution is -1.91. The van der Waals surface area contributed by atoms with Crippen LogP contribution in [0.5, 0.6) is 0 Å². The topological polar surface area (TPSA) is 12.0 Å². The van der Waals surface area contributed by atoms with Crippen LogP contribution < -0.4 is 5.32 Å². The van der Waals surface area contributed by atoms with Gasteiger partial charge in [0.05, 0.1) is 0 Å². The first-order valence-electron chi connectivity index (χ1n) is 7.00. The van der Waals surface area contributed by atoms with E-state index in [2.05, 4.69) is 72.6 Å². The van der Waals surface area contributed by atoms with Crippen LogP contribution in [-0.4, -0.2) is 0 Å².